The van der Waals surface area contributed by atoms with Gasteiger partial charge in [0.1, 0.15) is 0 Å². The Morgan fingerprint density at radius 2 is 1.24 bits per heavy atom. The molecule has 6 heteroatoms. The molecule has 0 saturated heterocycles. The minimum Gasteiger partial charge on any atom is -0.478 e. The third-order valence-electron chi connectivity index (χ3n) is 3.84. The van der Waals surface area contributed by atoms with Crippen molar-refractivity contribution in [3.63, 3.8) is 0 Å². The van der Waals surface area contributed by atoms with Crippen molar-refractivity contribution in [1.29, 1.82) is 0 Å². The molecule has 2 rings (SSSR count). The highest BCUT2D eigenvalue weighted by Crippen LogP contribution is 2.15. The van der Waals surface area contributed by atoms with Gasteiger partial charge >= 0.3 is 11.9 Å². The van der Waals surface area contributed by atoms with Gasteiger partial charge < -0.3 is 20.4 Å². The number of benzene rings is 2. The van der Waals surface area contributed by atoms with Crippen LogP contribution < -0.4 is 0 Å². The van der Waals surface area contributed by atoms with Crippen LogP contribution in [0.15, 0.2) is 60.7 Å². The highest BCUT2D eigenvalue weighted by molar-refractivity contribution is 5.87. The minimum absolute atomic E-state index is 0.256. The number of rotatable bonds is 7. The van der Waals surface area contributed by atoms with Crippen molar-refractivity contribution < 1.29 is 30.0 Å². The molecular weight excluding hydrogens is 372 g/mol. The van der Waals surface area contributed by atoms with Crippen LogP contribution >= 0.6 is 0 Å². The lowest BCUT2D eigenvalue weighted by Gasteiger charge is -2.17. The average Bonchev–Trinajstić information content (AvgIpc) is 2.69. The first-order valence-electron chi connectivity index (χ1n) is 9.46. The van der Waals surface area contributed by atoms with Gasteiger partial charge in [0, 0.05) is 6.61 Å². The van der Waals surface area contributed by atoms with Crippen molar-refractivity contribution in [2.24, 2.45) is 5.92 Å². The molecule has 0 aliphatic carbocycles. The standard InChI is InChI=1S/C9H20O2.2C7H6O2/c1-8(7-10)5-4-6-9(2,3)11;2*8-7(9)6-4-2-1-3-5-6/h8,10-11H,4-7H2,1-3H3;2*1-5H,(H,8,9). The smallest absolute Gasteiger partial charge is 0.335 e. The molecule has 160 valence electrons. The molecule has 29 heavy (non-hydrogen) atoms. The summed E-state index contributed by atoms with van der Waals surface area (Å²) in [7, 11) is 0. The zero-order chi connectivity index (χ0) is 22.3. The van der Waals surface area contributed by atoms with E-state index in [0.717, 1.165) is 19.3 Å². The fourth-order valence-corrected chi connectivity index (χ4v) is 2.14. The van der Waals surface area contributed by atoms with Crippen LogP contribution in [0.2, 0.25) is 0 Å². The van der Waals surface area contributed by atoms with E-state index in [4.69, 9.17) is 15.3 Å². The van der Waals surface area contributed by atoms with Gasteiger partial charge in [0.25, 0.3) is 0 Å². The van der Waals surface area contributed by atoms with Crippen LogP contribution in [0.3, 0.4) is 0 Å². The first-order chi connectivity index (χ1) is 13.6. The Labute approximate surface area is 172 Å². The number of carboxylic acid groups (broad SMARTS) is 2. The van der Waals surface area contributed by atoms with Crippen molar-refractivity contribution in [3.05, 3.63) is 71.8 Å². The molecule has 0 radical (unpaired) electrons. The van der Waals surface area contributed by atoms with Crippen molar-refractivity contribution in [2.45, 2.75) is 45.6 Å². The first kappa shape index (κ1) is 26.3. The molecule has 0 aromatic heterocycles. The third-order valence-corrected chi connectivity index (χ3v) is 3.84. The zero-order valence-electron chi connectivity index (χ0n) is 17.3. The fourth-order valence-electron chi connectivity index (χ4n) is 2.14. The highest BCUT2D eigenvalue weighted by atomic mass is 16.4. The van der Waals surface area contributed by atoms with Crippen LogP contribution in [-0.4, -0.2) is 44.6 Å². The molecule has 2 aromatic carbocycles. The predicted octanol–water partition coefficient (Wildman–Crippen LogP) is 4.33. The number of aliphatic hydroxyl groups excluding tert-OH is 1. The monoisotopic (exact) mass is 404 g/mol. The first-order valence-corrected chi connectivity index (χ1v) is 9.46. The summed E-state index contributed by atoms with van der Waals surface area (Å²) in [4.78, 5) is 20.4. The van der Waals surface area contributed by atoms with Crippen LogP contribution in [0.25, 0.3) is 0 Å². The summed E-state index contributed by atoms with van der Waals surface area (Å²) < 4.78 is 0. The maximum absolute atomic E-state index is 10.2. The molecule has 1 atom stereocenters. The molecule has 4 N–H and O–H groups in total. The van der Waals surface area contributed by atoms with Gasteiger partial charge in [-0.05, 0) is 56.9 Å². The molecule has 0 amide bonds. The molecular formula is C23H32O6. The quantitative estimate of drug-likeness (QED) is 0.546. The van der Waals surface area contributed by atoms with Crippen molar-refractivity contribution in [1.82, 2.24) is 0 Å². The van der Waals surface area contributed by atoms with E-state index in [-0.39, 0.29) is 6.61 Å². The molecule has 0 heterocycles. The molecule has 0 aliphatic rings. The molecule has 0 spiro atoms. The normalized spacial score (nSPS) is 11.2. The summed E-state index contributed by atoms with van der Waals surface area (Å²) in [5.74, 6) is -1.39. The Bertz CT molecular complexity index is 643. The van der Waals surface area contributed by atoms with Crippen molar-refractivity contribution in [2.75, 3.05) is 6.61 Å². The van der Waals surface area contributed by atoms with Gasteiger partial charge in [0.15, 0.2) is 0 Å². The van der Waals surface area contributed by atoms with Gasteiger partial charge in [-0.2, -0.15) is 0 Å². The molecule has 0 fully saturated rings. The number of aromatic carboxylic acids is 2. The topological polar surface area (TPSA) is 115 Å². The fraction of sp³-hybridized carbons (Fsp3) is 0.391. The van der Waals surface area contributed by atoms with E-state index in [2.05, 4.69) is 0 Å². The van der Waals surface area contributed by atoms with Gasteiger partial charge in [-0.1, -0.05) is 49.7 Å². The third kappa shape index (κ3) is 15.0. The summed E-state index contributed by atoms with van der Waals surface area (Å²) in [6.07, 6.45) is 2.81. The van der Waals surface area contributed by atoms with Gasteiger partial charge in [0.05, 0.1) is 16.7 Å². The van der Waals surface area contributed by atoms with Crippen LogP contribution in [0.5, 0.6) is 0 Å². The second kappa shape index (κ2) is 14.3. The Balaban J connectivity index is 0.000000408. The highest BCUT2D eigenvalue weighted by Gasteiger charge is 2.12. The van der Waals surface area contributed by atoms with Crippen LogP contribution in [0, 0.1) is 5.92 Å². The van der Waals surface area contributed by atoms with E-state index in [1.165, 1.54) is 0 Å². The second-order valence-corrected chi connectivity index (χ2v) is 7.33. The number of hydrogen-bond donors (Lipinski definition) is 4. The second-order valence-electron chi connectivity index (χ2n) is 7.33. The Kier molecular flexibility index (Phi) is 13.0. The minimum atomic E-state index is -0.879. The number of carbonyl (C=O) groups is 2. The molecule has 0 bridgehead atoms. The van der Waals surface area contributed by atoms with Gasteiger partial charge in [-0.25, -0.2) is 9.59 Å². The Morgan fingerprint density at radius 3 is 1.48 bits per heavy atom. The number of hydrogen-bond acceptors (Lipinski definition) is 4. The molecule has 6 nitrogen and oxygen atoms in total. The van der Waals surface area contributed by atoms with Crippen LogP contribution in [0.4, 0.5) is 0 Å². The lowest BCUT2D eigenvalue weighted by Crippen LogP contribution is -2.18. The molecule has 1 unspecified atom stereocenters. The summed E-state index contributed by atoms with van der Waals surface area (Å²) in [6.45, 7) is 5.91. The Morgan fingerprint density at radius 1 is 0.862 bits per heavy atom. The SMILES string of the molecule is CC(CO)CCCC(C)(C)O.O=C(O)c1ccccc1.O=C(O)c1ccccc1. The zero-order valence-corrected chi connectivity index (χ0v) is 17.3. The lowest BCUT2D eigenvalue weighted by molar-refractivity contribution is 0.0656. The van der Waals surface area contributed by atoms with Crippen molar-refractivity contribution in [3.8, 4) is 0 Å². The van der Waals surface area contributed by atoms with Crippen LogP contribution in [0.1, 0.15) is 60.7 Å². The van der Waals surface area contributed by atoms with Crippen molar-refractivity contribution >= 4 is 11.9 Å². The van der Waals surface area contributed by atoms with Gasteiger partial charge in [-0.15, -0.1) is 0 Å². The number of aliphatic hydroxyl groups is 2. The van der Waals surface area contributed by atoms with Gasteiger partial charge in [0.2, 0.25) is 0 Å². The molecule has 0 aliphatic heterocycles. The van der Waals surface area contributed by atoms with E-state index >= 15 is 0 Å². The molecule has 2 aromatic rings. The maximum atomic E-state index is 10.2. The summed E-state index contributed by atoms with van der Waals surface area (Å²) in [5, 5.41) is 34.8. The van der Waals surface area contributed by atoms with E-state index < -0.39 is 17.5 Å². The van der Waals surface area contributed by atoms with E-state index in [0.29, 0.717) is 17.0 Å². The van der Waals surface area contributed by atoms with Gasteiger partial charge in [-0.3, -0.25) is 0 Å². The Hall–Kier alpha value is -2.70. The summed E-state index contributed by atoms with van der Waals surface area (Å²) in [6, 6.07) is 16.6. The average molecular weight is 405 g/mol. The largest absolute Gasteiger partial charge is 0.478 e. The van der Waals surface area contributed by atoms with E-state index in [1.807, 2.05) is 20.8 Å². The lowest BCUT2D eigenvalue weighted by atomic mass is 9.97. The predicted molar refractivity (Wildman–Crippen MR) is 113 cm³/mol. The maximum Gasteiger partial charge on any atom is 0.335 e. The van der Waals surface area contributed by atoms with E-state index in [9.17, 15) is 14.7 Å². The molecule has 0 saturated carbocycles. The van der Waals surface area contributed by atoms with Crippen LogP contribution in [-0.2, 0) is 0 Å². The summed E-state index contributed by atoms with van der Waals surface area (Å²) >= 11 is 0. The van der Waals surface area contributed by atoms with E-state index in [1.54, 1.807) is 60.7 Å². The summed E-state index contributed by atoms with van der Waals surface area (Å²) in [5.41, 5.74) is 0.116. The number of carboxylic acids is 2.